The molecule has 0 N–H and O–H groups in total. The Labute approximate surface area is 376 Å². The van der Waals surface area contributed by atoms with E-state index in [1.54, 1.807) is 0 Å². The maximum Gasteiger partial charge on any atom is 0.0543 e. The van der Waals surface area contributed by atoms with E-state index in [9.17, 15) is 0 Å². The van der Waals surface area contributed by atoms with E-state index in [2.05, 4.69) is 241 Å². The molecule has 0 bridgehead atoms. The minimum atomic E-state index is 0.0585. The minimum Gasteiger partial charge on any atom is -0.309 e. The molecule has 0 amide bonds. The van der Waals surface area contributed by atoms with E-state index < -0.39 is 0 Å². The second-order valence-corrected chi connectivity index (χ2v) is 17.5. The summed E-state index contributed by atoms with van der Waals surface area (Å²) in [6.07, 6.45) is 4.91. The van der Waals surface area contributed by atoms with Crippen LogP contribution in [0.15, 0.2) is 237 Å². The zero-order valence-electron chi connectivity index (χ0n) is 35.8. The van der Waals surface area contributed by atoms with Crippen molar-refractivity contribution in [2.45, 2.75) is 31.1 Å². The van der Waals surface area contributed by atoms with Gasteiger partial charge in [-0.05, 0) is 115 Å². The summed E-state index contributed by atoms with van der Waals surface area (Å²) in [4.78, 5) is 2.55. The van der Waals surface area contributed by atoms with Gasteiger partial charge in [-0.15, -0.1) is 0 Å². The first kappa shape index (κ1) is 38.0. The highest BCUT2D eigenvalue weighted by Crippen LogP contribution is 2.60. The lowest BCUT2D eigenvalue weighted by Gasteiger charge is -2.31. The van der Waals surface area contributed by atoms with Gasteiger partial charge < -0.3 is 4.90 Å². The van der Waals surface area contributed by atoms with E-state index in [1.165, 1.54) is 120 Å². The van der Waals surface area contributed by atoms with Crippen LogP contribution < -0.4 is 4.90 Å². The summed E-state index contributed by atoms with van der Waals surface area (Å²) < 4.78 is 0. The van der Waals surface area contributed by atoms with Crippen LogP contribution in [0.2, 0.25) is 0 Å². The van der Waals surface area contributed by atoms with Gasteiger partial charge in [0.2, 0.25) is 0 Å². The topological polar surface area (TPSA) is 3.24 Å². The number of fused-ring (bicyclic) bond motifs is 6. The Morgan fingerprint density at radius 3 is 1.52 bits per heavy atom. The van der Waals surface area contributed by atoms with Gasteiger partial charge in [0.25, 0.3) is 0 Å². The van der Waals surface area contributed by atoms with Gasteiger partial charge in [0.15, 0.2) is 0 Å². The SMILES string of the molecule is c1ccc(-c2ccccc2-c2ccccc2-c2ccccc2N(c2ccc(-c3ccc(-c4cccc5ccccc45)cc3)cc2)c2cccc3c2-c2ccccc2C32CCCC2)cc1. The summed E-state index contributed by atoms with van der Waals surface area (Å²) in [7, 11) is 0. The maximum atomic E-state index is 2.55. The van der Waals surface area contributed by atoms with Crippen molar-refractivity contribution in [1.29, 1.82) is 0 Å². The number of nitrogens with zero attached hydrogens (tertiary/aromatic N) is 1. The van der Waals surface area contributed by atoms with Crippen molar-refractivity contribution in [1.82, 2.24) is 0 Å². The second kappa shape index (κ2) is 15.9. The molecule has 0 aliphatic heterocycles. The lowest BCUT2D eigenvalue weighted by atomic mass is 9.77. The van der Waals surface area contributed by atoms with Crippen LogP contribution in [0, 0.1) is 0 Å². The van der Waals surface area contributed by atoms with Crippen LogP contribution in [0.3, 0.4) is 0 Å². The molecule has 1 nitrogen and oxygen atoms in total. The standard InChI is InChI=1S/C63H47N/c1-2-18-46(19-3-1)52-23-6-7-24-53(52)54-25-8-9-26-55(54)56-27-11-13-32-60(56)64(61-33-17-31-59-62(61)57-28-10-12-30-58(57)63(59)42-14-15-43-63)49-40-38-45(39-41-49)44-34-36-48(37-35-44)51-29-16-21-47-20-4-5-22-50(47)51/h1-13,16-41H,14-15,42-43H2. The average molecular weight is 818 g/mol. The van der Waals surface area contributed by atoms with Crippen molar-refractivity contribution < 1.29 is 0 Å². The number of rotatable bonds is 8. The first-order chi connectivity index (χ1) is 31.7. The fourth-order valence-electron chi connectivity index (χ4n) is 11.2. The molecule has 1 fully saturated rings. The number of anilines is 3. The van der Waals surface area contributed by atoms with Crippen molar-refractivity contribution in [2.75, 3.05) is 4.90 Å². The van der Waals surface area contributed by atoms with E-state index in [-0.39, 0.29) is 5.41 Å². The molecule has 0 aromatic heterocycles. The molecule has 0 unspecified atom stereocenters. The van der Waals surface area contributed by atoms with Gasteiger partial charge in [0.1, 0.15) is 0 Å². The van der Waals surface area contributed by atoms with E-state index >= 15 is 0 Å². The highest BCUT2D eigenvalue weighted by atomic mass is 15.1. The Hall–Kier alpha value is -7.74. The van der Waals surface area contributed by atoms with Crippen molar-refractivity contribution in [2.24, 2.45) is 0 Å². The van der Waals surface area contributed by atoms with E-state index in [0.29, 0.717) is 0 Å². The summed E-state index contributed by atoms with van der Waals surface area (Å²) >= 11 is 0. The van der Waals surface area contributed by atoms with Gasteiger partial charge in [0, 0.05) is 22.2 Å². The second-order valence-electron chi connectivity index (χ2n) is 17.5. The van der Waals surface area contributed by atoms with Gasteiger partial charge >= 0.3 is 0 Å². The highest BCUT2D eigenvalue weighted by molar-refractivity contribution is 6.01. The molecule has 10 aromatic rings. The Balaban J connectivity index is 1.02. The average Bonchev–Trinajstić information content (AvgIpc) is 3.98. The molecule has 64 heavy (non-hydrogen) atoms. The molecule has 1 saturated carbocycles. The third-order valence-electron chi connectivity index (χ3n) is 14.1. The molecule has 12 rings (SSSR count). The normalized spacial score (nSPS) is 13.5. The third-order valence-corrected chi connectivity index (χ3v) is 14.1. The largest absolute Gasteiger partial charge is 0.309 e. The van der Waals surface area contributed by atoms with E-state index in [4.69, 9.17) is 0 Å². The molecule has 2 aliphatic rings. The van der Waals surface area contributed by atoms with E-state index in [0.717, 1.165) is 11.4 Å². The van der Waals surface area contributed by atoms with Gasteiger partial charge in [-0.1, -0.05) is 225 Å². The van der Waals surface area contributed by atoms with Crippen LogP contribution in [0.25, 0.3) is 77.5 Å². The molecule has 1 heteroatoms. The molecular formula is C63H47N. The van der Waals surface area contributed by atoms with Crippen LogP contribution in [-0.2, 0) is 5.41 Å². The molecule has 0 saturated heterocycles. The Kier molecular flexibility index (Phi) is 9.42. The van der Waals surface area contributed by atoms with Crippen molar-refractivity contribution in [3.63, 3.8) is 0 Å². The number of benzene rings is 10. The van der Waals surface area contributed by atoms with Crippen molar-refractivity contribution in [3.8, 4) is 66.8 Å². The summed E-state index contributed by atoms with van der Waals surface area (Å²) in [5.41, 5.74) is 21.4. The number of para-hydroxylation sites is 1. The van der Waals surface area contributed by atoms with Gasteiger partial charge in [0.05, 0.1) is 11.4 Å². The molecule has 304 valence electrons. The van der Waals surface area contributed by atoms with E-state index in [1.807, 2.05) is 0 Å². The predicted molar refractivity (Wildman–Crippen MR) is 270 cm³/mol. The van der Waals surface area contributed by atoms with Crippen LogP contribution in [0.4, 0.5) is 17.1 Å². The fourth-order valence-corrected chi connectivity index (χ4v) is 11.2. The predicted octanol–water partition coefficient (Wildman–Crippen LogP) is 17.5. The zero-order chi connectivity index (χ0) is 42.5. The monoisotopic (exact) mass is 817 g/mol. The van der Waals surface area contributed by atoms with Gasteiger partial charge in [-0.2, -0.15) is 0 Å². The van der Waals surface area contributed by atoms with Crippen molar-refractivity contribution >= 4 is 27.8 Å². The molecule has 0 radical (unpaired) electrons. The lowest BCUT2D eigenvalue weighted by molar-refractivity contribution is 0.550. The van der Waals surface area contributed by atoms with Crippen LogP contribution >= 0.6 is 0 Å². The Morgan fingerprint density at radius 1 is 0.297 bits per heavy atom. The number of hydrogen-bond acceptors (Lipinski definition) is 1. The molecule has 1 spiro atoms. The highest BCUT2D eigenvalue weighted by Gasteiger charge is 2.46. The molecule has 10 aromatic carbocycles. The maximum absolute atomic E-state index is 2.55. The number of hydrogen-bond donors (Lipinski definition) is 0. The Morgan fingerprint density at radius 2 is 0.766 bits per heavy atom. The molecule has 0 heterocycles. The molecule has 0 atom stereocenters. The quantitative estimate of drug-likeness (QED) is 0.148. The van der Waals surface area contributed by atoms with Gasteiger partial charge in [-0.25, -0.2) is 0 Å². The lowest BCUT2D eigenvalue weighted by Crippen LogP contribution is -2.20. The Bertz CT molecular complexity index is 3310. The molecular weight excluding hydrogens is 771 g/mol. The van der Waals surface area contributed by atoms with Crippen molar-refractivity contribution in [3.05, 3.63) is 248 Å². The van der Waals surface area contributed by atoms with Crippen LogP contribution in [0.5, 0.6) is 0 Å². The van der Waals surface area contributed by atoms with Gasteiger partial charge in [-0.3, -0.25) is 0 Å². The fraction of sp³-hybridized carbons (Fsp3) is 0.0794. The zero-order valence-corrected chi connectivity index (χ0v) is 35.8. The van der Waals surface area contributed by atoms with Crippen LogP contribution in [0.1, 0.15) is 36.8 Å². The summed E-state index contributed by atoms with van der Waals surface area (Å²) in [5.74, 6) is 0. The summed E-state index contributed by atoms with van der Waals surface area (Å²) in [6.45, 7) is 0. The first-order valence-corrected chi connectivity index (χ1v) is 22.8. The van der Waals surface area contributed by atoms with Crippen LogP contribution in [-0.4, -0.2) is 0 Å². The summed E-state index contributed by atoms with van der Waals surface area (Å²) in [5, 5.41) is 2.54. The summed E-state index contributed by atoms with van der Waals surface area (Å²) in [6, 6.07) is 87.5. The third kappa shape index (κ3) is 6.30. The first-order valence-electron chi connectivity index (χ1n) is 22.8. The minimum absolute atomic E-state index is 0.0585. The molecule has 2 aliphatic carbocycles. The smallest absolute Gasteiger partial charge is 0.0543 e.